The summed E-state index contributed by atoms with van der Waals surface area (Å²) in [6.45, 7) is 13.4. The molecule has 3 nitrogen and oxygen atoms in total. The number of aromatic nitrogens is 1. The molecule has 0 saturated carbocycles. The molecule has 0 amide bonds. The standard InChI is InChI=1S/C18H15ClFN3S/c1-9-8-24-18(22-9)15-10(2)23-11(3)17(21-4)16(15)13-6-5-12(20)7-14(13)19/h5-8,16,23H,1-3H3. The lowest BCUT2D eigenvalue weighted by atomic mass is 9.84. The number of nitrogens with one attached hydrogen (secondary N) is 1. The van der Waals surface area contributed by atoms with Crippen molar-refractivity contribution in [3.63, 3.8) is 0 Å². The molecule has 24 heavy (non-hydrogen) atoms. The van der Waals surface area contributed by atoms with Gasteiger partial charge in [0.05, 0.1) is 12.5 Å². The third-order valence-corrected chi connectivity index (χ3v) is 5.29. The summed E-state index contributed by atoms with van der Waals surface area (Å²) in [7, 11) is 0. The van der Waals surface area contributed by atoms with Gasteiger partial charge in [0.1, 0.15) is 10.8 Å². The number of thiazole rings is 1. The summed E-state index contributed by atoms with van der Waals surface area (Å²) >= 11 is 7.84. The van der Waals surface area contributed by atoms with Crippen molar-refractivity contribution in [3.05, 3.63) is 79.2 Å². The van der Waals surface area contributed by atoms with E-state index >= 15 is 0 Å². The summed E-state index contributed by atoms with van der Waals surface area (Å²) in [6, 6.07) is 4.32. The Morgan fingerprint density at radius 1 is 1.29 bits per heavy atom. The molecule has 1 N–H and O–H groups in total. The number of hydrogen-bond donors (Lipinski definition) is 1. The van der Waals surface area contributed by atoms with E-state index in [-0.39, 0.29) is 5.92 Å². The number of aryl methyl sites for hydroxylation is 1. The second-order valence-corrected chi connectivity index (χ2v) is 6.94. The van der Waals surface area contributed by atoms with Gasteiger partial charge in [0.25, 0.3) is 0 Å². The molecule has 2 aromatic rings. The Balaban J connectivity index is 2.25. The Labute approximate surface area is 149 Å². The van der Waals surface area contributed by atoms with Crippen molar-refractivity contribution < 1.29 is 4.39 Å². The van der Waals surface area contributed by atoms with Gasteiger partial charge in [-0.3, -0.25) is 0 Å². The number of nitrogens with zero attached hydrogens (tertiary/aromatic N) is 2. The van der Waals surface area contributed by atoms with Gasteiger partial charge in [-0.25, -0.2) is 14.2 Å². The summed E-state index contributed by atoms with van der Waals surface area (Å²) in [5.41, 5.74) is 4.82. The van der Waals surface area contributed by atoms with E-state index in [1.165, 1.54) is 23.5 Å². The van der Waals surface area contributed by atoms with Gasteiger partial charge in [-0.1, -0.05) is 17.7 Å². The molecule has 1 unspecified atom stereocenters. The van der Waals surface area contributed by atoms with E-state index in [0.717, 1.165) is 27.7 Å². The highest BCUT2D eigenvalue weighted by Gasteiger charge is 2.33. The maximum atomic E-state index is 13.5. The van der Waals surface area contributed by atoms with Gasteiger partial charge in [0.15, 0.2) is 5.70 Å². The molecule has 6 heteroatoms. The van der Waals surface area contributed by atoms with Gasteiger partial charge >= 0.3 is 0 Å². The van der Waals surface area contributed by atoms with Crippen LogP contribution in [0.3, 0.4) is 0 Å². The minimum atomic E-state index is -0.393. The molecule has 0 bridgehead atoms. The summed E-state index contributed by atoms with van der Waals surface area (Å²) < 4.78 is 13.5. The number of allylic oxidation sites excluding steroid dienone is 3. The van der Waals surface area contributed by atoms with Crippen molar-refractivity contribution in [2.45, 2.75) is 26.7 Å². The third-order valence-electron chi connectivity index (χ3n) is 3.97. The number of dihydropyridines is 1. The highest BCUT2D eigenvalue weighted by atomic mass is 35.5. The number of hydrogen-bond acceptors (Lipinski definition) is 3. The lowest BCUT2D eigenvalue weighted by molar-refractivity contribution is 0.627. The highest BCUT2D eigenvalue weighted by molar-refractivity contribution is 7.10. The molecule has 0 fully saturated rings. The topological polar surface area (TPSA) is 29.3 Å². The third kappa shape index (κ3) is 2.83. The second-order valence-electron chi connectivity index (χ2n) is 5.68. The van der Waals surface area contributed by atoms with E-state index in [1.54, 1.807) is 6.07 Å². The van der Waals surface area contributed by atoms with Crippen molar-refractivity contribution in [2.75, 3.05) is 0 Å². The largest absolute Gasteiger partial charge is 0.372 e. The lowest BCUT2D eigenvalue weighted by Gasteiger charge is -2.29. The van der Waals surface area contributed by atoms with Crippen LogP contribution in [0.4, 0.5) is 4.39 Å². The van der Waals surface area contributed by atoms with Crippen molar-refractivity contribution in [1.29, 1.82) is 0 Å². The van der Waals surface area contributed by atoms with Gasteiger partial charge in [-0.05, 0) is 38.5 Å². The van der Waals surface area contributed by atoms with Crippen LogP contribution in [0.25, 0.3) is 10.4 Å². The van der Waals surface area contributed by atoms with Gasteiger partial charge < -0.3 is 5.32 Å². The molecule has 122 valence electrons. The molecular formula is C18H15ClFN3S. The average Bonchev–Trinajstić information content (AvgIpc) is 2.93. The van der Waals surface area contributed by atoms with Gasteiger partial charge in [-0.2, -0.15) is 0 Å². The predicted molar refractivity (Wildman–Crippen MR) is 96.0 cm³/mol. The molecule has 2 heterocycles. The zero-order valence-corrected chi connectivity index (χ0v) is 15.0. The van der Waals surface area contributed by atoms with Gasteiger partial charge in [-0.15, -0.1) is 11.3 Å². The smallest absolute Gasteiger partial charge is 0.195 e. The fraction of sp³-hybridized carbons (Fsp3) is 0.222. The monoisotopic (exact) mass is 359 g/mol. The molecule has 1 atom stereocenters. The van der Waals surface area contributed by atoms with E-state index in [9.17, 15) is 4.39 Å². The number of rotatable bonds is 2. The lowest BCUT2D eigenvalue weighted by Crippen LogP contribution is -2.23. The van der Waals surface area contributed by atoms with Crippen LogP contribution in [0.15, 0.2) is 40.7 Å². The SMILES string of the molecule is [C-]#[N+]C1=C(C)NC(C)=C(c2nc(C)cs2)C1c1ccc(F)cc1Cl. The second kappa shape index (κ2) is 6.39. The first-order valence-corrected chi connectivity index (χ1v) is 8.61. The number of halogens is 2. The van der Waals surface area contributed by atoms with Crippen LogP contribution < -0.4 is 5.32 Å². The normalized spacial score (nSPS) is 17.8. The van der Waals surface area contributed by atoms with Crippen LogP contribution in [0.1, 0.15) is 36.0 Å². The summed E-state index contributed by atoms with van der Waals surface area (Å²) in [5, 5.41) is 6.40. The number of benzene rings is 1. The molecule has 0 spiro atoms. The first-order valence-electron chi connectivity index (χ1n) is 7.35. The van der Waals surface area contributed by atoms with Crippen LogP contribution in [0.2, 0.25) is 5.02 Å². The van der Waals surface area contributed by atoms with Gasteiger partial charge in [0.2, 0.25) is 0 Å². The van der Waals surface area contributed by atoms with Crippen LogP contribution in [-0.2, 0) is 0 Å². The summed E-state index contributed by atoms with van der Waals surface area (Å²) in [4.78, 5) is 8.30. The van der Waals surface area contributed by atoms with Crippen LogP contribution in [0, 0.1) is 19.3 Å². The van der Waals surface area contributed by atoms with Crippen LogP contribution in [-0.4, -0.2) is 4.98 Å². The van der Waals surface area contributed by atoms with Crippen molar-refractivity contribution in [1.82, 2.24) is 10.3 Å². The molecule has 1 aromatic heterocycles. The van der Waals surface area contributed by atoms with Crippen LogP contribution >= 0.6 is 22.9 Å². The van der Waals surface area contributed by atoms with Crippen molar-refractivity contribution in [3.8, 4) is 0 Å². The fourth-order valence-electron chi connectivity index (χ4n) is 2.93. The summed E-state index contributed by atoms with van der Waals surface area (Å²) in [5.74, 6) is -0.752. The van der Waals surface area contributed by atoms with E-state index in [2.05, 4.69) is 15.1 Å². The Morgan fingerprint density at radius 3 is 2.62 bits per heavy atom. The molecule has 0 aliphatic carbocycles. The Hall–Kier alpha value is -2.16. The van der Waals surface area contributed by atoms with Crippen molar-refractivity contribution >= 4 is 28.5 Å². The van der Waals surface area contributed by atoms with E-state index in [4.69, 9.17) is 18.2 Å². The minimum absolute atomic E-state index is 0.314. The highest BCUT2D eigenvalue weighted by Crippen LogP contribution is 2.46. The summed E-state index contributed by atoms with van der Waals surface area (Å²) in [6.07, 6.45) is 0. The fourth-order valence-corrected chi connectivity index (χ4v) is 4.14. The Morgan fingerprint density at radius 2 is 2.04 bits per heavy atom. The van der Waals surface area contributed by atoms with Crippen molar-refractivity contribution in [2.24, 2.45) is 0 Å². The molecule has 1 aliphatic heterocycles. The average molecular weight is 360 g/mol. The van der Waals surface area contributed by atoms with Gasteiger partial charge in [0, 0.05) is 33.1 Å². The maximum Gasteiger partial charge on any atom is 0.195 e. The molecule has 1 aliphatic rings. The van der Waals surface area contributed by atoms with Crippen LogP contribution in [0.5, 0.6) is 0 Å². The maximum absolute atomic E-state index is 13.5. The molecule has 3 rings (SSSR count). The molecule has 0 saturated heterocycles. The Kier molecular flexibility index (Phi) is 4.44. The zero-order valence-electron chi connectivity index (χ0n) is 13.4. The first-order chi connectivity index (χ1) is 11.4. The first kappa shape index (κ1) is 16.7. The molecular weight excluding hydrogens is 345 g/mol. The van der Waals surface area contributed by atoms with E-state index in [1.807, 2.05) is 26.2 Å². The Bertz CT molecular complexity index is 921. The van der Waals surface area contributed by atoms with E-state index < -0.39 is 5.82 Å². The molecule has 1 aromatic carbocycles. The zero-order chi connectivity index (χ0) is 17.4. The molecule has 0 radical (unpaired) electrons. The minimum Gasteiger partial charge on any atom is -0.372 e. The quantitative estimate of drug-likeness (QED) is 0.716. The van der Waals surface area contributed by atoms with E-state index in [0.29, 0.717) is 16.3 Å². The predicted octanol–water partition coefficient (Wildman–Crippen LogP) is 5.51.